The van der Waals surface area contributed by atoms with Gasteiger partial charge in [0.1, 0.15) is 5.75 Å². The Labute approximate surface area is 134 Å². The number of phenols is 1. The van der Waals surface area contributed by atoms with Crippen molar-refractivity contribution in [2.75, 3.05) is 6.54 Å². The summed E-state index contributed by atoms with van der Waals surface area (Å²) in [5, 5.41) is 12.1. The Morgan fingerprint density at radius 2 is 1.91 bits per heavy atom. The second-order valence-electron chi connectivity index (χ2n) is 5.47. The van der Waals surface area contributed by atoms with Crippen molar-refractivity contribution in [3.05, 3.63) is 60.4 Å². The van der Waals surface area contributed by atoms with Gasteiger partial charge in [0.2, 0.25) is 5.91 Å². The lowest BCUT2D eigenvalue weighted by Gasteiger charge is -2.07. The van der Waals surface area contributed by atoms with E-state index in [4.69, 9.17) is 0 Å². The molecule has 0 aliphatic rings. The second kappa shape index (κ2) is 6.96. The maximum atomic E-state index is 11.9. The number of fused-ring (bicyclic) bond motifs is 1. The van der Waals surface area contributed by atoms with Gasteiger partial charge >= 0.3 is 0 Å². The highest BCUT2D eigenvalue weighted by Gasteiger charge is 2.04. The quantitative estimate of drug-likeness (QED) is 0.687. The Kier molecular flexibility index (Phi) is 4.57. The van der Waals surface area contributed by atoms with Crippen LogP contribution in [0.3, 0.4) is 0 Å². The molecule has 2 aromatic carbocycles. The molecular weight excluding hydrogens is 290 g/mol. The lowest BCUT2D eigenvalue weighted by Crippen LogP contribution is -2.26. The molecule has 0 bridgehead atoms. The average Bonchev–Trinajstić information content (AvgIpc) is 2.97. The third kappa shape index (κ3) is 3.88. The number of rotatable bonds is 6. The molecule has 5 nitrogen and oxygen atoms in total. The number of hydrogen-bond donors (Lipinski definition) is 2. The third-order valence-electron chi connectivity index (χ3n) is 3.73. The molecule has 0 saturated heterocycles. The summed E-state index contributed by atoms with van der Waals surface area (Å²) in [6.45, 7) is 1.45. The van der Waals surface area contributed by atoms with Gasteiger partial charge in [-0.2, -0.15) is 0 Å². The Morgan fingerprint density at radius 3 is 2.74 bits per heavy atom. The number of aromatic nitrogens is 2. The van der Waals surface area contributed by atoms with Gasteiger partial charge in [-0.15, -0.1) is 0 Å². The van der Waals surface area contributed by atoms with Crippen molar-refractivity contribution in [3.8, 4) is 5.75 Å². The number of hydrogen-bond acceptors (Lipinski definition) is 3. The third-order valence-corrected chi connectivity index (χ3v) is 3.73. The van der Waals surface area contributed by atoms with Gasteiger partial charge in [-0.25, -0.2) is 4.98 Å². The summed E-state index contributed by atoms with van der Waals surface area (Å²) in [7, 11) is 0. The van der Waals surface area contributed by atoms with Gasteiger partial charge in [0, 0.05) is 13.1 Å². The number of aryl methyl sites for hydroxylation is 1. The summed E-state index contributed by atoms with van der Waals surface area (Å²) in [4.78, 5) is 16.2. The maximum Gasteiger partial charge on any atom is 0.224 e. The summed E-state index contributed by atoms with van der Waals surface area (Å²) in [6.07, 6.45) is 3.01. The van der Waals surface area contributed by atoms with Crippen LogP contribution in [0.25, 0.3) is 11.0 Å². The van der Waals surface area contributed by atoms with E-state index in [9.17, 15) is 9.90 Å². The zero-order valence-electron chi connectivity index (χ0n) is 12.8. The molecule has 0 aliphatic heterocycles. The van der Waals surface area contributed by atoms with Crippen LogP contribution in [0, 0.1) is 0 Å². The predicted molar refractivity (Wildman–Crippen MR) is 89.2 cm³/mol. The van der Waals surface area contributed by atoms with Crippen molar-refractivity contribution in [1.29, 1.82) is 0 Å². The largest absolute Gasteiger partial charge is 0.508 e. The van der Waals surface area contributed by atoms with Crippen molar-refractivity contribution in [1.82, 2.24) is 14.9 Å². The number of benzene rings is 2. The van der Waals surface area contributed by atoms with E-state index >= 15 is 0 Å². The number of aromatic hydroxyl groups is 1. The van der Waals surface area contributed by atoms with Gasteiger partial charge in [-0.1, -0.05) is 24.3 Å². The lowest BCUT2D eigenvalue weighted by molar-refractivity contribution is -0.120. The molecule has 3 aromatic rings. The van der Waals surface area contributed by atoms with E-state index in [1.807, 2.05) is 30.6 Å². The summed E-state index contributed by atoms with van der Waals surface area (Å²) >= 11 is 0. The molecule has 2 N–H and O–H groups in total. The molecule has 0 spiro atoms. The molecule has 0 saturated carbocycles. The molecule has 3 rings (SSSR count). The molecule has 1 aromatic heterocycles. The fraction of sp³-hybridized carbons (Fsp3) is 0.222. The number of carbonyl (C=O) groups excluding carboxylic acids is 1. The summed E-state index contributed by atoms with van der Waals surface area (Å²) in [5.74, 6) is 0.202. The smallest absolute Gasteiger partial charge is 0.224 e. The summed E-state index contributed by atoms with van der Waals surface area (Å²) in [5.41, 5.74) is 2.99. The molecule has 118 valence electrons. The Hall–Kier alpha value is -2.82. The first-order chi connectivity index (χ1) is 11.2. The highest BCUT2D eigenvalue weighted by Crippen LogP contribution is 2.12. The molecule has 0 radical (unpaired) electrons. The van der Waals surface area contributed by atoms with Gasteiger partial charge in [-0.05, 0) is 36.2 Å². The second-order valence-corrected chi connectivity index (χ2v) is 5.47. The Bertz CT molecular complexity index is 793. The minimum absolute atomic E-state index is 0.00817. The van der Waals surface area contributed by atoms with Gasteiger partial charge in [0.15, 0.2) is 0 Å². The van der Waals surface area contributed by atoms with Gasteiger partial charge in [-0.3, -0.25) is 4.79 Å². The average molecular weight is 309 g/mol. The highest BCUT2D eigenvalue weighted by molar-refractivity contribution is 5.78. The summed E-state index contributed by atoms with van der Waals surface area (Å²) < 4.78 is 2.10. The zero-order chi connectivity index (χ0) is 16.1. The van der Waals surface area contributed by atoms with Crippen molar-refractivity contribution in [3.63, 3.8) is 0 Å². The van der Waals surface area contributed by atoms with E-state index in [1.54, 1.807) is 24.3 Å². The van der Waals surface area contributed by atoms with Crippen LogP contribution < -0.4 is 5.32 Å². The van der Waals surface area contributed by atoms with Crippen LogP contribution in [0.4, 0.5) is 0 Å². The molecule has 0 fully saturated rings. The molecule has 0 unspecified atom stereocenters. The molecule has 0 atom stereocenters. The van der Waals surface area contributed by atoms with Crippen LogP contribution in [0.15, 0.2) is 54.9 Å². The SMILES string of the molecule is O=C(Cc1ccc(O)cc1)NCCCn1cnc2ccccc21. The monoisotopic (exact) mass is 309 g/mol. The number of carbonyl (C=O) groups is 1. The normalized spacial score (nSPS) is 10.8. The van der Waals surface area contributed by atoms with E-state index < -0.39 is 0 Å². The van der Waals surface area contributed by atoms with E-state index in [1.165, 1.54) is 0 Å². The minimum atomic E-state index is -0.00817. The molecular formula is C18H19N3O2. The Balaban J connectivity index is 1.44. The van der Waals surface area contributed by atoms with E-state index in [2.05, 4.69) is 14.9 Å². The molecule has 1 amide bonds. The lowest BCUT2D eigenvalue weighted by atomic mass is 10.1. The molecule has 5 heteroatoms. The van der Waals surface area contributed by atoms with Gasteiger partial charge < -0.3 is 15.0 Å². The molecule has 1 heterocycles. The fourth-order valence-corrected chi connectivity index (χ4v) is 2.53. The minimum Gasteiger partial charge on any atom is -0.508 e. The predicted octanol–water partition coefficient (Wildman–Crippen LogP) is 2.49. The van der Waals surface area contributed by atoms with Crippen molar-refractivity contribution in [2.24, 2.45) is 0 Å². The molecule has 23 heavy (non-hydrogen) atoms. The fourth-order valence-electron chi connectivity index (χ4n) is 2.53. The standard InChI is InChI=1S/C18H19N3O2/c22-15-8-6-14(7-9-15)12-18(23)19-10-3-11-21-13-20-16-4-1-2-5-17(16)21/h1-2,4-9,13,22H,3,10-12H2,(H,19,23). The van der Waals surface area contributed by atoms with Crippen LogP contribution in [-0.2, 0) is 17.8 Å². The number of phenolic OH excluding ortho intramolecular Hbond substituents is 1. The number of para-hydroxylation sites is 2. The van der Waals surface area contributed by atoms with Crippen LogP contribution in [0.1, 0.15) is 12.0 Å². The first-order valence-electron chi connectivity index (χ1n) is 7.67. The van der Waals surface area contributed by atoms with Crippen LogP contribution in [-0.4, -0.2) is 27.1 Å². The van der Waals surface area contributed by atoms with Crippen molar-refractivity contribution >= 4 is 16.9 Å². The van der Waals surface area contributed by atoms with Gasteiger partial charge in [0.25, 0.3) is 0 Å². The highest BCUT2D eigenvalue weighted by atomic mass is 16.3. The van der Waals surface area contributed by atoms with E-state index in [-0.39, 0.29) is 11.7 Å². The summed E-state index contributed by atoms with van der Waals surface area (Å²) in [6, 6.07) is 14.7. The molecule has 0 aliphatic carbocycles. The first-order valence-corrected chi connectivity index (χ1v) is 7.67. The van der Waals surface area contributed by atoms with Crippen LogP contribution in [0.2, 0.25) is 0 Å². The van der Waals surface area contributed by atoms with E-state index in [0.717, 1.165) is 29.6 Å². The zero-order valence-corrected chi connectivity index (χ0v) is 12.8. The number of nitrogens with one attached hydrogen (secondary N) is 1. The Morgan fingerprint density at radius 1 is 1.13 bits per heavy atom. The van der Waals surface area contributed by atoms with Gasteiger partial charge in [0.05, 0.1) is 23.8 Å². The topological polar surface area (TPSA) is 67.2 Å². The number of amides is 1. The number of nitrogens with zero attached hydrogens (tertiary/aromatic N) is 2. The first kappa shape index (κ1) is 15.1. The van der Waals surface area contributed by atoms with Crippen LogP contribution in [0.5, 0.6) is 5.75 Å². The maximum absolute atomic E-state index is 11.9. The number of imidazole rings is 1. The van der Waals surface area contributed by atoms with E-state index in [0.29, 0.717) is 13.0 Å². The van der Waals surface area contributed by atoms with Crippen molar-refractivity contribution in [2.45, 2.75) is 19.4 Å². The van der Waals surface area contributed by atoms with Crippen molar-refractivity contribution < 1.29 is 9.90 Å². The van der Waals surface area contributed by atoms with Crippen LogP contribution >= 0.6 is 0 Å².